The molecule has 2 amide bonds. The third-order valence-corrected chi connectivity index (χ3v) is 5.24. The number of ether oxygens (including phenoxy) is 1. The lowest BCUT2D eigenvalue weighted by Gasteiger charge is -2.16. The van der Waals surface area contributed by atoms with Gasteiger partial charge in [-0.1, -0.05) is 25.5 Å². The van der Waals surface area contributed by atoms with Gasteiger partial charge in [0.05, 0.1) is 37.1 Å². The number of hydrogen-bond acceptors (Lipinski definition) is 5. The third kappa shape index (κ3) is 4.96. The lowest BCUT2D eigenvalue weighted by Crippen LogP contribution is -2.34. The molecule has 2 aromatic carbocycles. The van der Waals surface area contributed by atoms with Gasteiger partial charge in [-0.2, -0.15) is 5.10 Å². The van der Waals surface area contributed by atoms with Crippen molar-refractivity contribution in [1.29, 1.82) is 0 Å². The molecule has 1 aliphatic rings. The van der Waals surface area contributed by atoms with Crippen molar-refractivity contribution in [3.05, 3.63) is 72.3 Å². The van der Waals surface area contributed by atoms with Gasteiger partial charge in [-0.25, -0.2) is 9.29 Å². The normalized spacial score (nSPS) is 15.9. The third-order valence-electron chi connectivity index (χ3n) is 5.24. The van der Waals surface area contributed by atoms with Crippen LogP contribution in [-0.2, 0) is 16.1 Å². The quantitative estimate of drug-likeness (QED) is 0.405. The number of halogens is 1. The number of aromatic nitrogens is 2. The van der Waals surface area contributed by atoms with Gasteiger partial charge < -0.3 is 10.1 Å². The van der Waals surface area contributed by atoms with Crippen LogP contribution in [0.5, 0.6) is 5.75 Å². The van der Waals surface area contributed by atoms with Crippen molar-refractivity contribution >= 4 is 23.2 Å². The van der Waals surface area contributed by atoms with Crippen LogP contribution in [-0.4, -0.2) is 34.2 Å². The van der Waals surface area contributed by atoms with E-state index in [0.29, 0.717) is 30.3 Å². The first-order valence-electron chi connectivity index (χ1n) is 10.7. The van der Waals surface area contributed by atoms with E-state index in [1.807, 2.05) is 0 Å². The Balaban J connectivity index is 1.38. The maximum atomic E-state index is 13.1. The van der Waals surface area contributed by atoms with Crippen molar-refractivity contribution in [2.75, 3.05) is 16.8 Å². The van der Waals surface area contributed by atoms with Crippen LogP contribution < -0.4 is 15.0 Å². The molecule has 0 spiro atoms. The van der Waals surface area contributed by atoms with E-state index in [1.165, 1.54) is 17.0 Å². The minimum Gasteiger partial charge on any atom is -0.494 e. The zero-order chi connectivity index (χ0) is 22.5. The molecular weight excluding hydrogens is 411 g/mol. The number of hydrogen-bond donors (Lipinski definition) is 1. The number of unbranched alkanes of at least 4 members (excludes halogenated alkanes) is 1. The minimum atomic E-state index is -0.661. The van der Waals surface area contributed by atoms with Gasteiger partial charge in [0.25, 0.3) is 5.91 Å². The van der Waals surface area contributed by atoms with E-state index >= 15 is 0 Å². The number of carbonyl (C=O) groups excluding carboxylic acids is 2. The second kappa shape index (κ2) is 9.64. The predicted molar refractivity (Wildman–Crippen MR) is 119 cm³/mol. The molecule has 1 saturated heterocycles. The Bertz CT molecular complexity index is 1080. The zero-order valence-electron chi connectivity index (χ0n) is 17.8. The van der Waals surface area contributed by atoms with Gasteiger partial charge in [-0.3, -0.25) is 14.3 Å². The molecule has 1 aromatic heterocycles. The maximum absolute atomic E-state index is 13.1. The van der Waals surface area contributed by atoms with E-state index in [1.54, 1.807) is 53.5 Å². The van der Waals surface area contributed by atoms with Crippen LogP contribution in [0.2, 0.25) is 0 Å². The highest BCUT2D eigenvalue weighted by Crippen LogP contribution is 2.27. The smallest absolute Gasteiger partial charge is 0.256 e. The van der Waals surface area contributed by atoms with E-state index in [2.05, 4.69) is 17.3 Å². The van der Waals surface area contributed by atoms with Crippen molar-refractivity contribution in [3.8, 4) is 5.75 Å². The zero-order valence-corrected chi connectivity index (χ0v) is 17.8. The second-order valence-corrected chi connectivity index (χ2v) is 7.72. The molecule has 1 unspecified atom stereocenters. The SMILES string of the molecule is CCCCOc1ccc(N2C(=O)CC(Nc3cnn(Cc4ccc(F)cc4)c3)C2=O)cc1. The number of anilines is 2. The summed E-state index contributed by atoms with van der Waals surface area (Å²) < 4.78 is 20.4. The summed E-state index contributed by atoms with van der Waals surface area (Å²) in [4.78, 5) is 26.6. The molecule has 0 aliphatic carbocycles. The maximum Gasteiger partial charge on any atom is 0.256 e. The summed E-state index contributed by atoms with van der Waals surface area (Å²) in [6.45, 7) is 3.20. The topological polar surface area (TPSA) is 76.5 Å². The fraction of sp³-hybridized carbons (Fsp3) is 0.292. The van der Waals surface area contributed by atoms with E-state index in [4.69, 9.17) is 4.74 Å². The second-order valence-electron chi connectivity index (χ2n) is 7.72. The summed E-state index contributed by atoms with van der Waals surface area (Å²) in [6.07, 6.45) is 5.45. The van der Waals surface area contributed by atoms with Crippen molar-refractivity contribution in [1.82, 2.24) is 9.78 Å². The number of rotatable bonds is 9. The molecule has 0 bridgehead atoms. The van der Waals surface area contributed by atoms with Gasteiger partial charge in [-0.05, 0) is 48.4 Å². The fourth-order valence-electron chi connectivity index (χ4n) is 3.54. The average Bonchev–Trinajstić information content (AvgIpc) is 3.34. The van der Waals surface area contributed by atoms with Crippen molar-refractivity contribution < 1.29 is 18.7 Å². The fourth-order valence-corrected chi connectivity index (χ4v) is 3.54. The van der Waals surface area contributed by atoms with Crippen LogP contribution in [0.4, 0.5) is 15.8 Å². The van der Waals surface area contributed by atoms with Crippen LogP contribution in [0.25, 0.3) is 0 Å². The molecule has 1 aliphatic heterocycles. The van der Waals surface area contributed by atoms with Gasteiger partial charge in [-0.15, -0.1) is 0 Å². The minimum absolute atomic E-state index is 0.0662. The Hall–Kier alpha value is -3.68. The Morgan fingerprint density at radius 1 is 1.12 bits per heavy atom. The Morgan fingerprint density at radius 2 is 1.88 bits per heavy atom. The number of nitrogens with zero attached hydrogens (tertiary/aromatic N) is 3. The molecule has 1 N–H and O–H groups in total. The molecule has 8 heteroatoms. The van der Waals surface area contributed by atoms with Gasteiger partial charge >= 0.3 is 0 Å². The van der Waals surface area contributed by atoms with Crippen molar-refractivity contribution in [2.45, 2.75) is 38.8 Å². The molecule has 1 fully saturated rings. The molecule has 3 aromatic rings. The Morgan fingerprint density at radius 3 is 2.59 bits per heavy atom. The summed E-state index contributed by atoms with van der Waals surface area (Å²) in [6, 6.07) is 12.5. The first-order valence-corrected chi connectivity index (χ1v) is 10.7. The lowest BCUT2D eigenvalue weighted by molar-refractivity contribution is -0.121. The monoisotopic (exact) mass is 436 g/mol. The molecular formula is C24H25FN4O3. The Labute approximate surface area is 185 Å². The average molecular weight is 436 g/mol. The Kier molecular flexibility index (Phi) is 6.49. The summed E-state index contributed by atoms with van der Waals surface area (Å²) in [5.74, 6) is -0.138. The summed E-state index contributed by atoms with van der Waals surface area (Å²) in [7, 11) is 0. The molecule has 4 rings (SSSR count). The van der Waals surface area contributed by atoms with Crippen LogP contribution >= 0.6 is 0 Å². The van der Waals surface area contributed by atoms with Crippen LogP contribution in [0.15, 0.2) is 60.9 Å². The number of benzene rings is 2. The lowest BCUT2D eigenvalue weighted by atomic mass is 10.2. The van der Waals surface area contributed by atoms with Crippen molar-refractivity contribution in [2.24, 2.45) is 0 Å². The molecule has 1 atom stereocenters. The first kappa shape index (κ1) is 21.5. The van der Waals surface area contributed by atoms with Gasteiger partial charge in [0.15, 0.2) is 0 Å². The van der Waals surface area contributed by atoms with Gasteiger partial charge in [0.1, 0.15) is 17.6 Å². The summed E-state index contributed by atoms with van der Waals surface area (Å²) in [5, 5.41) is 7.38. The largest absolute Gasteiger partial charge is 0.494 e. The van der Waals surface area contributed by atoms with Crippen LogP contribution in [0.1, 0.15) is 31.7 Å². The molecule has 0 saturated carbocycles. The predicted octanol–water partition coefficient (Wildman–Crippen LogP) is 3.99. The van der Waals surface area contributed by atoms with E-state index in [9.17, 15) is 14.0 Å². The molecule has 7 nitrogen and oxygen atoms in total. The standard InChI is InChI=1S/C24H25FN4O3/c1-2-3-12-32-21-10-8-20(9-11-21)29-23(30)13-22(24(29)31)27-19-14-26-28(16-19)15-17-4-6-18(25)7-5-17/h4-11,14,16,22,27H,2-3,12-13,15H2,1H3. The number of carbonyl (C=O) groups is 2. The summed E-state index contributed by atoms with van der Waals surface area (Å²) in [5.41, 5.74) is 2.07. The van der Waals surface area contributed by atoms with Gasteiger partial charge in [0, 0.05) is 6.20 Å². The molecule has 32 heavy (non-hydrogen) atoms. The first-order chi connectivity index (χ1) is 15.5. The van der Waals surface area contributed by atoms with Crippen LogP contribution in [0.3, 0.4) is 0 Å². The van der Waals surface area contributed by atoms with E-state index in [-0.39, 0.29) is 24.1 Å². The highest BCUT2D eigenvalue weighted by atomic mass is 19.1. The van der Waals surface area contributed by atoms with Crippen LogP contribution in [0, 0.1) is 5.82 Å². The highest BCUT2D eigenvalue weighted by molar-refractivity contribution is 6.23. The molecule has 166 valence electrons. The van der Waals surface area contributed by atoms with Gasteiger partial charge in [0.2, 0.25) is 5.91 Å². The highest BCUT2D eigenvalue weighted by Gasteiger charge is 2.39. The van der Waals surface area contributed by atoms with E-state index in [0.717, 1.165) is 18.4 Å². The van der Waals surface area contributed by atoms with E-state index < -0.39 is 6.04 Å². The number of amides is 2. The number of imide groups is 1. The number of nitrogens with one attached hydrogen (secondary N) is 1. The molecule has 0 radical (unpaired) electrons. The summed E-state index contributed by atoms with van der Waals surface area (Å²) >= 11 is 0. The van der Waals surface area contributed by atoms with Crippen molar-refractivity contribution in [3.63, 3.8) is 0 Å². The molecule has 2 heterocycles.